The minimum atomic E-state index is 0.749. The van der Waals surface area contributed by atoms with Gasteiger partial charge in [0.15, 0.2) is 0 Å². The van der Waals surface area contributed by atoms with Crippen molar-refractivity contribution in [3.8, 4) is 5.75 Å². The summed E-state index contributed by atoms with van der Waals surface area (Å²) in [6, 6.07) is 12.0. The van der Waals surface area contributed by atoms with Gasteiger partial charge in [-0.3, -0.25) is 0 Å². The van der Waals surface area contributed by atoms with Gasteiger partial charge in [-0.25, -0.2) is 0 Å². The van der Waals surface area contributed by atoms with Crippen molar-refractivity contribution in [2.45, 2.75) is 0 Å². The molecule has 0 atom stereocenters. The first-order valence-corrected chi connectivity index (χ1v) is 4.72. The molecule has 76 valence electrons. The third kappa shape index (κ3) is 1.68. The molecule has 0 radical (unpaired) electrons. The molecule has 0 saturated carbocycles. The van der Waals surface area contributed by atoms with Crippen LogP contribution in [0.15, 0.2) is 46.6 Å². The minimum Gasteiger partial charge on any atom is -0.494 e. The lowest BCUT2D eigenvalue weighted by molar-refractivity contribution is 0.416. The average molecular weight is 200 g/mol. The summed E-state index contributed by atoms with van der Waals surface area (Å²) in [7, 11) is 3.29. The van der Waals surface area contributed by atoms with Gasteiger partial charge in [-0.1, -0.05) is 30.3 Å². The molecular formula is C12H12N2O. The lowest BCUT2D eigenvalue weighted by atomic mass is 10.1. The number of hydrogen-bond acceptors (Lipinski definition) is 3. The Kier molecular flexibility index (Phi) is 2.63. The molecule has 3 heteroatoms. The standard InChI is InChI=1S/C12H12N2O/c1-13-14-12-10-6-4-3-5-9(10)7-8-11(12)15-2/h3-8H,1-2H3/b14-13+. The fraction of sp³-hybridized carbons (Fsp3) is 0.167. The van der Waals surface area contributed by atoms with Crippen LogP contribution in [0.25, 0.3) is 10.8 Å². The molecule has 0 amide bonds. The Hall–Kier alpha value is -1.90. The van der Waals surface area contributed by atoms with Crippen molar-refractivity contribution in [1.82, 2.24) is 0 Å². The molecule has 0 aromatic heterocycles. The maximum atomic E-state index is 5.25. The molecule has 3 nitrogen and oxygen atoms in total. The van der Waals surface area contributed by atoms with Crippen molar-refractivity contribution in [3.05, 3.63) is 36.4 Å². The summed E-state index contributed by atoms with van der Waals surface area (Å²) in [5.41, 5.74) is 0.790. The fourth-order valence-corrected chi connectivity index (χ4v) is 1.60. The smallest absolute Gasteiger partial charge is 0.147 e. The number of benzene rings is 2. The van der Waals surface area contributed by atoms with E-state index in [1.807, 2.05) is 36.4 Å². The molecule has 0 unspecified atom stereocenters. The zero-order chi connectivity index (χ0) is 10.7. The molecule has 0 aliphatic rings. The summed E-state index contributed by atoms with van der Waals surface area (Å²) >= 11 is 0. The van der Waals surface area contributed by atoms with E-state index in [0.29, 0.717) is 0 Å². The van der Waals surface area contributed by atoms with Gasteiger partial charge in [-0.2, -0.15) is 10.2 Å². The summed E-state index contributed by atoms with van der Waals surface area (Å²) in [5, 5.41) is 10.1. The highest BCUT2D eigenvalue weighted by molar-refractivity contribution is 5.95. The highest BCUT2D eigenvalue weighted by Crippen LogP contribution is 2.35. The maximum Gasteiger partial charge on any atom is 0.147 e. The van der Waals surface area contributed by atoms with Crippen molar-refractivity contribution in [2.24, 2.45) is 10.2 Å². The van der Waals surface area contributed by atoms with Crippen LogP contribution in [0.2, 0.25) is 0 Å². The molecule has 0 N–H and O–H groups in total. The maximum absolute atomic E-state index is 5.25. The Morgan fingerprint density at radius 2 is 1.87 bits per heavy atom. The molecule has 0 fully saturated rings. The summed E-state index contributed by atoms with van der Waals surface area (Å²) in [5.74, 6) is 0.749. The van der Waals surface area contributed by atoms with Gasteiger partial charge in [0.2, 0.25) is 0 Å². The van der Waals surface area contributed by atoms with Gasteiger partial charge in [-0.05, 0) is 11.5 Å². The first-order valence-electron chi connectivity index (χ1n) is 4.72. The van der Waals surface area contributed by atoms with Crippen LogP contribution in [0.5, 0.6) is 5.75 Å². The number of fused-ring (bicyclic) bond motifs is 1. The van der Waals surface area contributed by atoms with Gasteiger partial charge in [-0.15, -0.1) is 0 Å². The second-order valence-corrected chi connectivity index (χ2v) is 3.14. The predicted molar refractivity (Wildman–Crippen MR) is 60.9 cm³/mol. The van der Waals surface area contributed by atoms with Crippen LogP contribution in [-0.2, 0) is 0 Å². The lowest BCUT2D eigenvalue weighted by Gasteiger charge is -2.06. The third-order valence-electron chi connectivity index (χ3n) is 2.28. The number of nitrogens with zero attached hydrogens (tertiary/aromatic N) is 2. The number of methoxy groups -OCH3 is 1. The van der Waals surface area contributed by atoms with Crippen LogP contribution in [0.4, 0.5) is 5.69 Å². The van der Waals surface area contributed by atoms with E-state index in [4.69, 9.17) is 4.74 Å². The molecule has 2 aromatic rings. The highest BCUT2D eigenvalue weighted by atomic mass is 16.5. The molecule has 0 heterocycles. The van der Waals surface area contributed by atoms with Crippen molar-refractivity contribution in [1.29, 1.82) is 0 Å². The number of azo groups is 1. The highest BCUT2D eigenvalue weighted by Gasteiger charge is 2.06. The van der Waals surface area contributed by atoms with E-state index < -0.39 is 0 Å². The molecule has 15 heavy (non-hydrogen) atoms. The predicted octanol–water partition coefficient (Wildman–Crippen LogP) is 3.56. The molecule has 2 aromatic carbocycles. The Bertz CT molecular complexity index is 506. The topological polar surface area (TPSA) is 34.0 Å². The van der Waals surface area contributed by atoms with Crippen molar-refractivity contribution < 1.29 is 4.74 Å². The number of rotatable bonds is 2. The second-order valence-electron chi connectivity index (χ2n) is 3.14. The molecule has 2 rings (SSSR count). The largest absolute Gasteiger partial charge is 0.494 e. The Morgan fingerprint density at radius 1 is 1.07 bits per heavy atom. The van der Waals surface area contributed by atoms with Gasteiger partial charge in [0.1, 0.15) is 11.4 Å². The van der Waals surface area contributed by atoms with Crippen LogP contribution in [0.3, 0.4) is 0 Å². The summed E-state index contributed by atoms with van der Waals surface area (Å²) in [6.07, 6.45) is 0. The SMILES string of the molecule is C/N=N/c1c(OC)ccc2ccccc12. The first kappa shape index (κ1) is 9.65. The van der Waals surface area contributed by atoms with Crippen LogP contribution < -0.4 is 4.74 Å². The summed E-state index contributed by atoms with van der Waals surface area (Å²) in [6.45, 7) is 0. The first-order chi connectivity index (χ1) is 7.36. The quantitative estimate of drug-likeness (QED) is 0.682. The molecule has 0 bridgehead atoms. The summed E-state index contributed by atoms with van der Waals surface area (Å²) in [4.78, 5) is 0. The third-order valence-corrected chi connectivity index (χ3v) is 2.28. The molecular weight excluding hydrogens is 188 g/mol. The van der Waals surface area contributed by atoms with Crippen LogP contribution in [0.1, 0.15) is 0 Å². The van der Waals surface area contributed by atoms with Crippen LogP contribution in [-0.4, -0.2) is 14.2 Å². The Morgan fingerprint density at radius 3 is 2.60 bits per heavy atom. The van der Waals surface area contributed by atoms with Gasteiger partial charge < -0.3 is 4.74 Å². The number of hydrogen-bond donors (Lipinski definition) is 0. The van der Waals surface area contributed by atoms with Crippen LogP contribution in [0, 0.1) is 0 Å². The van der Waals surface area contributed by atoms with Gasteiger partial charge in [0, 0.05) is 12.4 Å². The van der Waals surface area contributed by atoms with E-state index in [0.717, 1.165) is 22.2 Å². The van der Waals surface area contributed by atoms with Gasteiger partial charge in [0.25, 0.3) is 0 Å². The fourth-order valence-electron chi connectivity index (χ4n) is 1.60. The molecule has 0 aliphatic carbocycles. The zero-order valence-electron chi connectivity index (χ0n) is 8.77. The lowest BCUT2D eigenvalue weighted by Crippen LogP contribution is -1.84. The van der Waals surface area contributed by atoms with E-state index >= 15 is 0 Å². The van der Waals surface area contributed by atoms with E-state index in [1.165, 1.54) is 0 Å². The monoisotopic (exact) mass is 200 g/mol. The second kappa shape index (κ2) is 4.09. The van der Waals surface area contributed by atoms with E-state index in [9.17, 15) is 0 Å². The van der Waals surface area contributed by atoms with E-state index in [2.05, 4.69) is 10.2 Å². The van der Waals surface area contributed by atoms with Crippen LogP contribution >= 0.6 is 0 Å². The van der Waals surface area contributed by atoms with Crippen molar-refractivity contribution in [3.63, 3.8) is 0 Å². The zero-order valence-corrected chi connectivity index (χ0v) is 8.77. The Labute approximate surface area is 88.4 Å². The van der Waals surface area contributed by atoms with E-state index in [-0.39, 0.29) is 0 Å². The summed E-state index contributed by atoms with van der Waals surface area (Å²) < 4.78 is 5.25. The van der Waals surface area contributed by atoms with Gasteiger partial charge in [0.05, 0.1) is 7.11 Å². The normalized spacial score (nSPS) is 11.1. The molecule has 0 aliphatic heterocycles. The molecule has 0 saturated heterocycles. The van der Waals surface area contributed by atoms with Gasteiger partial charge >= 0.3 is 0 Å². The number of ether oxygens (including phenoxy) is 1. The average Bonchev–Trinajstić information content (AvgIpc) is 2.30. The van der Waals surface area contributed by atoms with E-state index in [1.54, 1.807) is 14.2 Å². The van der Waals surface area contributed by atoms with Crippen molar-refractivity contribution >= 4 is 16.5 Å². The van der Waals surface area contributed by atoms with Crippen molar-refractivity contribution in [2.75, 3.05) is 14.2 Å². The Balaban J connectivity index is 2.78. The minimum absolute atomic E-state index is 0.749. The molecule has 0 spiro atoms.